The molecule has 1 aromatic rings. The topological polar surface area (TPSA) is 95.6 Å². The number of hydrogen-bond acceptors (Lipinski definition) is 3. The molecule has 52 valence electrons. The molecule has 5 heteroatoms. The molecule has 0 atom stereocenters. The van der Waals surface area contributed by atoms with Crippen molar-refractivity contribution in [2.24, 2.45) is 5.73 Å². The van der Waals surface area contributed by atoms with Crippen molar-refractivity contribution in [1.29, 1.82) is 5.41 Å². The Labute approximate surface area is 56.4 Å². The van der Waals surface area contributed by atoms with E-state index in [0.29, 0.717) is 5.69 Å². The van der Waals surface area contributed by atoms with Gasteiger partial charge >= 0.3 is 5.69 Å². The van der Waals surface area contributed by atoms with Crippen LogP contribution in [0.15, 0.2) is 17.1 Å². The lowest BCUT2D eigenvalue weighted by Gasteiger charge is -1.93. The van der Waals surface area contributed by atoms with E-state index in [4.69, 9.17) is 11.1 Å². The molecule has 5 nitrogen and oxygen atoms in total. The fraction of sp³-hybridized carbons (Fsp3) is 0. The van der Waals surface area contributed by atoms with E-state index >= 15 is 0 Å². The summed E-state index contributed by atoms with van der Waals surface area (Å²) in [6.07, 6.45) is 1.30. The van der Waals surface area contributed by atoms with Crippen molar-refractivity contribution in [1.82, 2.24) is 9.97 Å². The molecule has 0 spiro atoms. The Morgan fingerprint density at radius 2 is 2.50 bits per heavy atom. The van der Waals surface area contributed by atoms with Gasteiger partial charge in [0, 0.05) is 6.20 Å². The van der Waals surface area contributed by atoms with Crippen LogP contribution in [0.3, 0.4) is 0 Å². The van der Waals surface area contributed by atoms with Gasteiger partial charge in [0.05, 0.1) is 5.69 Å². The lowest BCUT2D eigenvalue weighted by molar-refractivity contribution is 1.06. The van der Waals surface area contributed by atoms with Gasteiger partial charge in [0.25, 0.3) is 0 Å². The first kappa shape index (κ1) is 6.47. The Morgan fingerprint density at radius 1 is 1.80 bits per heavy atom. The maximum absolute atomic E-state index is 10.5. The summed E-state index contributed by atoms with van der Waals surface area (Å²) in [6, 6.07) is 1.46. The third kappa shape index (κ3) is 1.19. The minimum absolute atomic E-state index is 0.167. The zero-order valence-electron chi connectivity index (χ0n) is 5.09. The summed E-state index contributed by atoms with van der Waals surface area (Å²) in [7, 11) is 0. The summed E-state index contributed by atoms with van der Waals surface area (Å²) in [5.41, 5.74) is 4.87. The second kappa shape index (κ2) is 2.30. The number of nitrogens with one attached hydrogen (secondary N) is 2. The summed E-state index contributed by atoms with van der Waals surface area (Å²) in [4.78, 5) is 16.1. The fourth-order valence-electron chi connectivity index (χ4n) is 0.526. The first-order valence-electron chi connectivity index (χ1n) is 2.60. The van der Waals surface area contributed by atoms with Crippen molar-refractivity contribution < 1.29 is 0 Å². The molecule has 0 unspecified atom stereocenters. The molecule has 0 saturated carbocycles. The lowest BCUT2D eigenvalue weighted by Crippen LogP contribution is -2.19. The zero-order chi connectivity index (χ0) is 7.56. The molecule has 0 aliphatic carbocycles. The summed E-state index contributed by atoms with van der Waals surface area (Å²) < 4.78 is 0. The second-order valence-electron chi connectivity index (χ2n) is 1.70. The third-order valence-corrected chi connectivity index (χ3v) is 0.965. The van der Waals surface area contributed by atoms with Crippen LogP contribution in [0.1, 0.15) is 5.69 Å². The molecular weight excluding hydrogens is 132 g/mol. The van der Waals surface area contributed by atoms with Crippen LogP contribution in [-0.4, -0.2) is 15.8 Å². The van der Waals surface area contributed by atoms with Crippen molar-refractivity contribution in [3.8, 4) is 0 Å². The monoisotopic (exact) mass is 138 g/mol. The summed E-state index contributed by atoms with van der Waals surface area (Å²) >= 11 is 0. The highest BCUT2D eigenvalue weighted by molar-refractivity contribution is 5.92. The van der Waals surface area contributed by atoms with Crippen molar-refractivity contribution >= 4 is 5.84 Å². The van der Waals surface area contributed by atoms with Crippen LogP contribution in [0.4, 0.5) is 0 Å². The molecule has 0 radical (unpaired) electrons. The van der Waals surface area contributed by atoms with E-state index in [1.165, 1.54) is 12.3 Å². The third-order valence-electron chi connectivity index (χ3n) is 0.965. The van der Waals surface area contributed by atoms with Crippen LogP contribution < -0.4 is 11.4 Å². The van der Waals surface area contributed by atoms with Gasteiger partial charge in [-0.05, 0) is 6.07 Å². The normalized spacial score (nSPS) is 9.20. The standard InChI is InChI=1S/C5H6N4O/c6-4(7)3-1-2-8-5(10)9-3/h1-2H,(H3,6,7)(H,8,9,10). The van der Waals surface area contributed by atoms with Gasteiger partial charge < -0.3 is 10.7 Å². The number of aromatic nitrogens is 2. The molecule has 0 amide bonds. The second-order valence-corrected chi connectivity index (χ2v) is 1.70. The minimum Gasteiger partial charge on any atom is -0.382 e. The molecule has 0 bridgehead atoms. The predicted octanol–water partition coefficient (Wildman–Crippen LogP) is -0.946. The highest BCUT2D eigenvalue weighted by Gasteiger charge is 1.93. The number of rotatable bonds is 1. The van der Waals surface area contributed by atoms with E-state index in [1.807, 2.05) is 0 Å². The molecule has 1 heterocycles. The molecule has 0 aromatic carbocycles. The van der Waals surface area contributed by atoms with E-state index in [0.717, 1.165) is 0 Å². The van der Waals surface area contributed by atoms with E-state index in [2.05, 4.69) is 9.97 Å². The molecule has 1 rings (SSSR count). The van der Waals surface area contributed by atoms with E-state index in [-0.39, 0.29) is 5.84 Å². The molecule has 4 N–H and O–H groups in total. The minimum atomic E-state index is -0.493. The Hall–Kier alpha value is -1.65. The highest BCUT2D eigenvalue weighted by Crippen LogP contribution is 1.83. The van der Waals surface area contributed by atoms with E-state index < -0.39 is 5.69 Å². The van der Waals surface area contributed by atoms with Gasteiger partial charge in [0.15, 0.2) is 0 Å². The largest absolute Gasteiger partial charge is 0.382 e. The summed E-state index contributed by atoms with van der Waals surface area (Å²) in [5.74, 6) is -0.167. The number of aromatic amines is 1. The number of nitrogens with zero attached hydrogens (tertiary/aromatic N) is 1. The number of nitrogen functional groups attached to an aromatic ring is 1. The van der Waals surface area contributed by atoms with E-state index in [1.54, 1.807) is 0 Å². The Balaban J connectivity index is 3.20. The quantitative estimate of drug-likeness (QED) is 0.345. The Bertz CT molecular complexity index is 303. The number of nitrogens with two attached hydrogens (primary N) is 1. The van der Waals surface area contributed by atoms with Crippen molar-refractivity contribution in [3.05, 3.63) is 28.4 Å². The summed E-state index contributed by atoms with van der Waals surface area (Å²) in [6.45, 7) is 0. The molecule has 0 fully saturated rings. The number of hydrogen-bond donors (Lipinski definition) is 3. The molecule has 0 aliphatic heterocycles. The van der Waals surface area contributed by atoms with Crippen molar-refractivity contribution in [2.45, 2.75) is 0 Å². The van der Waals surface area contributed by atoms with Gasteiger partial charge in [0.1, 0.15) is 5.84 Å². The SMILES string of the molecule is N=C(N)c1ccnc(=O)[nH]1. The Kier molecular flexibility index (Phi) is 1.49. The van der Waals surface area contributed by atoms with Crippen LogP contribution >= 0.6 is 0 Å². The van der Waals surface area contributed by atoms with Gasteiger partial charge in [-0.1, -0.05) is 0 Å². The van der Waals surface area contributed by atoms with Crippen molar-refractivity contribution in [2.75, 3.05) is 0 Å². The Morgan fingerprint density at radius 3 is 2.90 bits per heavy atom. The van der Waals surface area contributed by atoms with Crippen molar-refractivity contribution in [3.63, 3.8) is 0 Å². The molecule has 0 saturated heterocycles. The van der Waals surface area contributed by atoms with Gasteiger partial charge in [0.2, 0.25) is 0 Å². The first-order valence-corrected chi connectivity index (χ1v) is 2.60. The number of H-pyrrole nitrogens is 1. The molecular formula is C5H6N4O. The van der Waals surface area contributed by atoms with Gasteiger partial charge in [-0.25, -0.2) is 9.78 Å². The maximum atomic E-state index is 10.5. The fourth-order valence-corrected chi connectivity index (χ4v) is 0.526. The lowest BCUT2D eigenvalue weighted by atomic mass is 10.4. The first-order chi connectivity index (χ1) is 4.70. The van der Waals surface area contributed by atoms with E-state index in [9.17, 15) is 4.79 Å². The molecule has 1 aromatic heterocycles. The van der Waals surface area contributed by atoms with Gasteiger partial charge in [-0.3, -0.25) is 5.41 Å². The zero-order valence-corrected chi connectivity index (χ0v) is 5.09. The highest BCUT2D eigenvalue weighted by atomic mass is 16.1. The number of amidine groups is 1. The smallest absolute Gasteiger partial charge is 0.345 e. The maximum Gasteiger partial charge on any atom is 0.345 e. The molecule has 0 aliphatic rings. The van der Waals surface area contributed by atoms with Crippen LogP contribution in [-0.2, 0) is 0 Å². The average molecular weight is 138 g/mol. The van der Waals surface area contributed by atoms with Crippen LogP contribution in [0.25, 0.3) is 0 Å². The van der Waals surface area contributed by atoms with Gasteiger partial charge in [-0.15, -0.1) is 0 Å². The predicted molar refractivity (Wildman–Crippen MR) is 35.9 cm³/mol. The van der Waals surface area contributed by atoms with Crippen LogP contribution in [0, 0.1) is 5.41 Å². The van der Waals surface area contributed by atoms with Gasteiger partial charge in [-0.2, -0.15) is 0 Å². The summed E-state index contributed by atoms with van der Waals surface area (Å²) in [5, 5.41) is 6.91. The van der Waals surface area contributed by atoms with Crippen LogP contribution in [0.2, 0.25) is 0 Å². The molecule has 10 heavy (non-hydrogen) atoms. The average Bonchev–Trinajstić information content (AvgIpc) is 1.88. The van der Waals surface area contributed by atoms with Crippen LogP contribution in [0.5, 0.6) is 0 Å².